The van der Waals surface area contributed by atoms with E-state index >= 15 is 0 Å². The molecule has 0 bridgehead atoms. The highest BCUT2D eigenvalue weighted by Gasteiger charge is 2.24. The molecule has 6 heteroatoms. The molecule has 2 aromatic carbocycles. The van der Waals surface area contributed by atoms with E-state index in [1.54, 1.807) is 36.4 Å². The van der Waals surface area contributed by atoms with Gasteiger partial charge in [0.15, 0.2) is 11.5 Å². The highest BCUT2D eigenvalue weighted by atomic mass is 35.5. The molecule has 1 fully saturated rings. The van der Waals surface area contributed by atoms with Gasteiger partial charge < -0.3 is 15.4 Å². The molecule has 0 radical (unpaired) electrons. The molecule has 1 aliphatic carbocycles. The van der Waals surface area contributed by atoms with Gasteiger partial charge in [-0.25, -0.2) is 0 Å². The van der Waals surface area contributed by atoms with E-state index < -0.39 is 0 Å². The molecule has 1 saturated carbocycles. The Morgan fingerprint density at radius 1 is 1.07 bits per heavy atom. The summed E-state index contributed by atoms with van der Waals surface area (Å²) in [6.07, 6.45) is 8.48. The van der Waals surface area contributed by atoms with E-state index in [1.807, 2.05) is 12.1 Å². The third kappa shape index (κ3) is 4.80. The topological polar surface area (TPSA) is 67.4 Å². The lowest BCUT2D eigenvalue weighted by Crippen LogP contribution is -2.34. The standard InChI is InChI=1S/C23H23ClN2O3/c24-17-10-7-15(8-11-17)13-21-23(28)26-19-14-16(9-12-20(19)29-21)22(27)25-18-5-3-1-2-4-6-18/h7-14,18H,1-6H2,(H,25,27)(H,26,28)/b21-13+. The van der Waals surface area contributed by atoms with Crippen LogP contribution in [0.5, 0.6) is 5.75 Å². The first-order valence-electron chi connectivity index (χ1n) is 10.00. The summed E-state index contributed by atoms with van der Waals surface area (Å²) in [5.74, 6) is 0.233. The highest BCUT2D eigenvalue weighted by molar-refractivity contribution is 6.30. The first-order chi connectivity index (χ1) is 14.1. The number of amides is 2. The van der Waals surface area contributed by atoms with E-state index in [2.05, 4.69) is 10.6 Å². The summed E-state index contributed by atoms with van der Waals surface area (Å²) < 4.78 is 5.76. The highest BCUT2D eigenvalue weighted by Crippen LogP contribution is 2.32. The molecule has 4 rings (SSSR count). The molecule has 2 aliphatic rings. The third-order valence-electron chi connectivity index (χ3n) is 5.29. The van der Waals surface area contributed by atoms with E-state index in [0.29, 0.717) is 22.0 Å². The number of hydrogen-bond donors (Lipinski definition) is 2. The molecule has 2 aromatic rings. The van der Waals surface area contributed by atoms with Crippen LogP contribution in [-0.4, -0.2) is 17.9 Å². The number of rotatable bonds is 3. The Hall–Kier alpha value is -2.79. The average Bonchev–Trinajstić information content (AvgIpc) is 2.98. The smallest absolute Gasteiger partial charge is 0.291 e. The molecule has 2 amide bonds. The Balaban J connectivity index is 1.48. The second kappa shape index (κ2) is 8.70. The van der Waals surface area contributed by atoms with E-state index in [1.165, 1.54) is 12.8 Å². The van der Waals surface area contributed by atoms with Crippen LogP contribution in [-0.2, 0) is 4.79 Å². The second-order valence-corrected chi connectivity index (χ2v) is 7.93. The second-order valence-electron chi connectivity index (χ2n) is 7.49. The van der Waals surface area contributed by atoms with Crippen molar-refractivity contribution in [3.05, 3.63) is 64.4 Å². The van der Waals surface area contributed by atoms with Gasteiger partial charge in [-0.1, -0.05) is 49.4 Å². The van der Waals surface area contributed by atoms with Crippen LogP contribution in [0.25, 0.3) is 6.08 Å². The lowest BCUT2D eigenvalue weighted by Gasteiger charge is -2.21. The van der Waals surface area contributed by atoms with E-state index in [-0.39, 0.29) is 23.6 Å². The molecule has 5 nitrogen and oxygen atoms in total. The lowest BCUT2D eigenvalue weighted by molar-refractivity contribution is -0.115. The molecule has 1 heterocycles. The summed E-state index contributed by atoms with van der Waals surface area (Å²) in [6, 6.07) is 12.4. The Kier molecular flexibility index (Phi) is 5.86. The summed E-state index contributed by atoms with van der Waals surface area (Å²) >= 11 is 5.90. The number of anilines is 1. The maximum absolute atomic E-state index is 12.6. The van der Waals surface area contributed by atoms with Gasteiger partial charge in [-0.3, -0.25) is 9.59 Å². The Morgan fingerprint density at radius 3 is 2.52 bits per heavy atom. The van der Waals surface area contributed by atoms with Crippen molar-refractivity contribution in [3.8, 4) is 5.75 Å². The summed E-state index contributed by atoms with van der Waals surface area (Å²) in [5.41, 5.74) is 1.82. The van der Waals surface area contributed by atoms with Crippen LogP contribution in [0, 0.1) is 0 Å². The Labute approximate surface area is 175 Å². The van der Waals surface area contributed by atoms with Crippen molar-refractivity contribution in [2.45, 2.75) is 44.6 Å². The van der Waals surface area contributed by atoms with Crippen LogP contribution < -0.4 is 15.4 Å². The number of benzene rings is 2. The number of fused-ring (bicyclic) bond motifs is 1. The van der Waals surface area contributed by atoms with Crippen molar-refractivity contribution in [3.63, 3.8) is 0 Å². The molecule has 0 aromatic heterocycles. The fraction of sp³-hybridized carbons (Fsp3) is 0.304. The molecular formula is C23H23ClN2O3. The minimum absolute atomic E-state index is 0.114. The van der Waals surface area contributed by atoms with E-state index in [9.17, 15) is 9.59 Å². The molecule has 0 saturated heterocycles. The number of hydrogen-bond acceptors (Lipinski definition) is 3. The van der Waals surface area contributed by atoms with Gasteiger partial charge in [-0.05, 0) is 54.8 Å². The summed E-state index contributed by atoms with van der Waals surface area (Å²) in [6.45, 7) is 0. The number of ether oxygens (including phenoxy) is 1. The van der Waals surface area contributed by atoms with Gasteiger partial charge in [-0.15, -0.1) is 0 Å². The van der Waals surface area contributed by atoms with Crippen molar-refractivity contribution in [2.75, 3.05) is 5.32 Å². The number of carbonyl (C=O) groups is 2. The first-order valence-corrected chi connectivity index (χ1v) is 10.4. The fourth-order valence-corrected chi connectivity index (χ4v) is 3.83. The number of carbonyl (C=O) groups excluding carboxylic acids is 2. The largest absolute Gasteiger partial charge is 0.449 e. The first kappa shape index (κ1) is 19.5. The van der Waals surface area contributed by atoms with Crippen LogP contribution in [0.4, 0.5) is 5.69 Å². The predicted molar refractivity (Wildman–Crippen MR) is 114 cm³/mol. The van der Waals surface area contributed by atoms with Crippen LogP contribution in [0.1, 0.15) is 54.4 Å². The minimum Gasteiger partial charge on any atom is -0.449 e. The van der Waals surface area contributed by atoms with Gasteiger partial charge in [0.1, 0.15) is 0 Å². The summed E-state index contributed by atoms with van der Waals surface area (Å²) in [5, 5.41) is 6.56. The normalized spacial score (nSPS) is 18.4. The summed E-state index contributed by atoms with van der Waals surface area (Å²) in [4.78, 5) is 25.1. The van der Waals surface area contributed by atoms with Crippen LogP contribution in [0.15, 0.2) is 48.2 Å². The third-order valence-corrected chi connectivity index (χ3v) is 5.54. The summed E-state index contributed by atoms with van der Waals surface area (Å²) in [7, 11) is 0. The van der Waals surface area contributed by atoms with E-state index in [0.717, 1.165) is 31.2 Å². The Bertz CT molecular complexity index is 945. The fourth-order valence-electron chi connectivity index (χ4n) is 3.70. The molecule has 0 atom stereocenters. The van der Waals surface area contributed by atoms with Gasteiger partial charge in [0, 0.05) is 16.6 Å². The molecule has 0 spiro atoms. The van der Waals surface area contributed by atoms with Gasteiger partial charge in [0.2, 0.25) is 0 Å². The molecular weight excluding hydrogens is 388 g/mol. The van der Waals surface area contributed by atoms with E-state index in [4.69, 9.17) is 16.3 Å². The minimum atomic E-state index is -0.353. The zero-order chi connectivity index (χ0) is 20.2. The van der Waals surface area contributed by atoms with Crippen LogP contribution in [0.3, 0.4) is 0 Å². The SMILES string of the molecule is O=C1Nc2cc(C(=O)NC3CCCCCC3)ccc2O/C1=C/c1ccc(Cl)cc1. The zero-order valence-corrected chi connectivity index (χ0v) is 16.8. The number of nitrogens with one attached hydrogen (secondary N) is 2. The zero-order valence-electron chi connectivity index (χ0n) is 16.0. The van der Waals surface area contributed by atoms with Crippen molar-refractivity contribution in [2.24, 2.45) is 0 Å². The van der Waals surface area contributed by atoms with Crippen molar-refractivity contribution in [1.29, 1.82) is 0 Å². The van der Waals surface area contributed by atoms with Crippen molar-refractivity contribution in [1.82, 2.24) is 5.32 Å². The van der Waals surface area contributed by atoms with Gasteiger partial charge in [0.25, 0.3) is 11.8 Å². The van der Waals surface area contributed by atoms with Crippen molar-refractivity contribution < 1.29 is 14.3 Å². The average molecular weight is 411 g/mol. The molecule has 2 N–H and O–H groups in total. The van der Waals surface area contributed by atoms with Gasteiger partial charge in [-0.2, -0.15) is 0 Å². The Morgan fingerprint density at radius 2 is 1.79 bits per heavy atom. The maximum atomic E-state index is 12.6. The molecule has 0 unspecified atom stereocenters. The molecule has 29 heavy (non-hydrogen) atoms. The van der Waals surface area contributed by atoms with Crippen LogP contribution >= 0.6 is 11.6 Å². The van der Waals surface area contributed by atoms with Gasteiger partial charge >= 0.3 is 0 Å². The lowest BCUT2D eigenvalue weighted by atomic mass is 10.1. The van der Waals surface area contributed by atoms with Crippen molar-refractivity contribution >= 4 is 35.2 Å². The monoisotopic (exact) mass is 410 g/mol. The quantitative estimate of drug-likeness (QED) is 0.542. The predicted octanol–water partition coefficient (Wildman–Crippen LogP) is 5.16. The number of halogens is 1. The molecule has 1 aliphatic heterocycles. The molecule has 150 valence electrons. The van der Waals surface area contributed by atoms with Gasteiger partial charge in [0.05, 0.1) is 5.69 Å². The maximum Gasteiger partial charge on any atom is 0.291 e. The van der Waals surface area contributed by atoms with Crippen LogP contribution in [0.2, 0.25) is 5.02 Å².